The monoisotopic (exact) mass is 344 g/mol. The van der Waals surface area contributed by atoms with E-state index < -0.39 is 0 Å². The minimum atomic E-state index is 0.333. The van der Waals surface area contributed by atoms with E-state index >= 15 is 0 Å². The highest BCUT2D eigenvalue weighted by molar-refractivity contribution is 7.98. The fourth-order valence-electron chi connectivity index (χ4n) is 2.63. The molecule has 0 radical (unpaired) electrons. The number of aliphatic imine (C=N–C) groups is 1. The molecule has 0 amide bonds. The van der Waals surface area contributed by atoms with Crippen LogP contribution in [0.5, 0.6) is 0 Å². The van der Waals surface area contributed by atoms with Crippen LogP contribution >= 0.6 is 11.8 Å². The number of likely N-dealkylation sites (tertiary alicyclic amines) is 1. The maximum absolute atomic E-state index is 5.64. The second-order valence-corrected chi connectivity index (χ2v) is 7.27. The number of thioether (sulfide) groups is 1. The molecule has 0 atom stereocenters. The van der Waals surface area contributed by atoms with Crippen molar-refractivity contribution in [2.24, 2.45) is 4.99 Å². The van der Waals surface area contributed by atoms with Crippen molar-refractivity contribution in [2.45, 2.75) is 52.2 Å². The Kier molecular flexibility index (Phi) is 11.5. The third-order valence-electron chi connectivity index (χ3n) is 3.91. The van der Waals surface area contributed by atoms with Gasteiger partial charge in [0.25, 0.3) is 0 Å². The highest BCUT2D eigenvalue weighted by Gasteiger charge is 2.19. The van der Waals surface area contributed by atoms with Crippen LogP contribution in [0.2, 0.25) is 0 Å². The first-order chi connectivity index (χ1) is 11.2. The summed E-state index contributed by atoms with van der Waals surface area (Å²) in [6.45, 7) is 12.3. The Hall–Kier alpha value is -0.460. The Bertz CT molecular complexity index is 318. The summed E-state index contributed by atoms with van der Waals surface area (Å²) in [6, 6.07) is 0.538. The largest absolute Gasteiger partial charge is 0.377 e. The van der Waals surface area contributed by atoms with Gasteiger partial charge in [0.2, 0.25) is 0 Å². The molecule has 136 valence electrons. The van der Waals surface area contributed by atoms with E-state index in [2.05, 4.69) is 47.6 Å². The predicted octanol–water partition coefficient (Wildman–Crippen LogP) is 2.18. The first-order valence-corrected chi connectivity index (χ1v) is 10.4. The Morgan fingerprint density at radius 2 is 2.09 bits per heavy atom. The molecule has 1 aliphatic rings. The molecular weight excluding hydrogens is 308 g/mol. The van der Waals surface area contributed by atoms with Crippen LogP contribution in [0, 0.1) is 0 Å². The summed E-state index contributed by atoms with van der Waals surface area (Å²) >= 11 is 1.88. The maximum atomic E-state index is 5.64. The summed E-state index contributed by atoms with van der Waals surface area (Å²) in [5, 5.41) is 6.97. The van der Waals surface area contributed by atoms with Gasteiger partial charge in [-0.2, -0.15) is 11.8 Å². The molecule has 0 unspecified atom stereocenters. The molecule has 5 nitrogen and oxygen atoms in total. The van der Waals surface area contributed by atoms with E-state index in [1.165, 1.54) is 18.6 Å². The van der Waals surface area contributed by atoms with Crippen molar-refractivity contribution in [3.05, 3.63) is 0 Å². The first-order valence-electron chi connectivity index (χ1n) is 9.03. The third-order valence-corrected chi connectivity index (χ3v) is 4.60. The molecule has 1 aliphatic heterocycles. The third kappa shape index (κ3) is 10.1. The quantitative estimate of drug-likeness (QED) is 0.361. The number of nitrogens with one attached hydrogen (secondary N) is 2. The normalized spacial score (nSPS) is 17.7. The molecule has 0 saturated carbocycles. The number of hydrogen-bond donors (Lipinski definition) is 2. The fraction of sp³-hybridized carbons (Fsp3) is 0.941. The summed E-state index contributed by atoms with van der Waals surface area (Å²) in [5.41, 5.74) is 0. The lowest BCUT2D eigenvalue weighted by atomic mass is 10.1. The number of guanidine groups is 1. The van der Waals surface area contributed by atoms with Gasteiger partial charge in [-0.1, -0.05) is 0 Å². The van der Waals surface area contributed by atoms with Crippen LogP contribution in [0.3, 0.4) is 0 Å². The average Bonchev–Trinajstić information content (AvgIpc) is 2.53. The molecular formula is C17H36N4OS. The highest BCUT2D eigenvalue weighted by Crippen LogP contribution is 2.10. The van der Waals surface area contributed by atoms with Crippen molar-refractivity contribution in [2.75, 3.05) is 51.3 Å². The standard InChI is InChI=1S/C17H36N4OS/c1-5-18-17(19-9-6-14-23-4)20-16-7-10-21(11-8-16)12-13-22-15(2)3/h15-16H,5-14H2,1-4H3,(H2,18,19,20). The van der Waals surface area contributed by atoms with E-state index in [9.17, 15) is 0 Å². The highest BCUT2D eigenvalue weighted by atomic mass is 32.2. The molecule has 1 fully saturated rings. The van der Waals surface area contributed by atoms with Crippen LogP contribution in [0.4, 0.5) is 0 Å². The van der Waals surface area contributed by atoms with Gasteiger partial charge in [-0.25, -0.2) is 0 Å². The Morgan fingerprint density at radius 1 is 1.35 bits per heavy atom. The van der Waals surface area contributed by atoms with Crippen LogP contribution in [0.15, 0.2) is 4.99 Å². The van der Waals surface area contributed by atoms with Crippen LogP contribution in [0.25, 0.3) is 0 Å². The summed E-state index contributed by atoms with van der Waals surface area (Å²) < 4.78 is 5.64. The van der Waals surface area contributed by atoms with E-state index in [4.69, 9.17) is 4.74 Å². The van der Waals surface area contributed by atoms with Crippen molar-refractivity contribution in [3.8, 4) is 0 Å². The molecule has 1 saturated heterocycles. The molecule has 0 bridgehead atoms. The molecule has 0 spiro atoms. The lowest BCUT2D eigenvalue weighted by Crippen LogP contribution is -2.49. The zero-order chi connectivity index (χ0) is 16.9. The second-order valence-electron chi connectivity index (χ2n) is 6.29. The summed E-state index contributed by atoms with van der Waals surface area (Å²) in [6.07, 6.45) is 5.98. The Balaban J connectivity index is 2.25. The molecule has 0 aromatic heterocycles. The van der Waals surface area contributed by atoms with Crippen LogP contribution in [-0.4, -0.2) is 74.3 Å². The number of piperidine rings is 1. The molecule has 1 rings (SSSR count). The van der Waals surface area contributed by atoms with Gasteiger partial charge >= 0.3 is 0 Å². The lowest BCUT2D eigenvalue weighted by molar-refractivity contribution is 0.0532. The topological polar surface area (TPSA) is 48.9 Å². The minimum absolute atomic E-state index is 0.333. The van der Waals surface area contributed by atoms with Gasteiger partial charge in [-0.05, 0) is 52.0 Å². The van der Waals surface area contributed by atoms with Crippen LogP contribution in [-0.2, 0) is 4.74 Å². The summed E-state index contributed by atoms with van der Waals surface area (Å²) in [4.78, 5) is 7.18. The van der Waals surface area contributed by atoms with Gasteiger partial charge in [0, 0.05) is 38.8 Å². The van der Waals surface area contributed by atoms with Gasteiger partial charge in [-0.3, -0.25) is 4.99 Å². The zero-order valence-corrected chi connectivity index (χ0v) is 16.3. The lowest BCUT2D eigenvalue weighted by Gasteiger charge is -2.33. The molecule has 1 heterocycles. The molecule has 0 aliphatic carbocycles. The molecule has 6 heteroatoms. The van der Waals surface area contributed by atoms with Crippen molar-refractivity contribution < 1.29 is 4.74 Å². The van der Waals surface area contributed by atoms with Gasteiger partial charge in [0.05, 0.1) is 12.7 Å². The van der Waals surface area contributed by atoms with Crippen molar-refractivity contribution >= 4 is 17.7 Å². The second kappa shape index (κ2) is 12.9. The van der Waals surface area contributed by atoms with Crippen LogP contribution in [0.1, 0.15) is 40.0 Å². The molecule has 0 aromatic carbocycles. The summed E-state index contributed by atoms with van der Waals surface area (Å²) in [7, 11) is 0. The predicted molar refractivity (Wildman–Crippen MR) is 103 cm³/mol. The SMILES string of the molecule is CCNC(=NCCCSC)NC1CCN(CCOC(C)C)CC1. The number of nitrogens with zero attached hydrogens (tertiary/aromatic N) is 2. The number of hydrogen-bond acceptors (Lipinski definition) is 4. The van der Waals surface area contributed by atoms with E-state index in [-0.39, 0.29) is 0 Å². The Labute approximate surface area is 147 Å². The number of rotatable bonds is 10. The van der Waals surface area contributed by atoms with Gasteiger partial charge < -0.3 is 20.3 Å². The van der Waals surface area contributed by atoms with Gasteiger partial charge in [0.15, 0.2) is 5.96 Å². The van der Waals surface area contributed by atoms with Crippen molar-refractivity contribution in [1.29, 1.82) is 0 Å². The molecule has 23 heavy (non-hydrogen) atoms. The fourth-order valence-corrected chi connectivity index (χ4v) is 3.05. The smallest absolute Gasteiger partial charge is 0.191 e. The van der Waals surface area contributed by atoms with Crippen molar-refractivity contribution in [1.82, 2.24) is 15.5 Å². The van der Waals surface area contributed by atoms with E-state index in [1.807, 2.05) is 11.8 Å². The van der Waals surface area contributed by atoms with Crippen LogP contribution < -0.4 is 10.6 Å². The van der Waals surface area contributed by atoms with E-state index in [0.717, 1.165) is 51.7 Å². The average molecular weight is 345 g/mol. The molecule has 2 N–H and O–H groups in total. The minimum Gasteiger partial charge on any atom is -0.377 e. The van der Waals surface area contributed by atoms with Crippen molar-refractivity contribution in [3.63, 3.8) is 0 Å². The van der Waals surface area contributed by atoms with E-state index in [1.54, 1.807) is 0 Å². The maximum Gasteiger partial charge on any atom is 0.191 e. The van der Waals surface area contributed by atoms with Gasteiger partial charge in [-0.15, -0.1) is 0 Å². The summed E-state index contributed by atoms with van der Waals surface area (Å²) in [5.74, 6) is 2.16. The zero-order valence-electron chi connectivity index (χ0n) is 15.4. The first kappa shape index (κ1) is 20.6. The van der Waals surface area contributed by atoms with E-state index in [0.29, 0.717) is 12.1 Å². The number of ether oxygens (including phenoxy) is 1. The van der Waals surface area contributed by atoms with Gasteiger partial charge in [0.1, 0.15) is 0 Å². The Morgan fingerprint density at radius 3 is 2.70 bits per heavy atom. The molecule has 0 aromatic rings.